The van der Waals surface area contributed by atoms with E-state index in [0.717, 1.165) is 24.3 Å². The first-order valence-electron chi connectivity index (χ1n) is 10.5. The second-order valence-corrected chi connectivity index (χ2v) is 9.73. The van der Waals surface area contributed by atoms with Gasteiger partial charge in [-0.3, -0.25) is 0 Å². The summed E-state index contributed by atoms with van der Waals surface area (Å²) in [4.78, 5) is 0. The highest BCUT2D eigenvalue weighted by Gasteiger charge is 2.57. The number of aliphatic hydroxyl groups excluding tert-OH is 2. The molecule has 2 aromatic carbocycles. The van der Waals surface area contributed by atoms with Gasteiger partial charge in [0.15, 0.2) is 0 Å². The van der Waals surface area contributed by atoms with Gasteiger partial charge in [-0.25, -0.2) is 0 Å². The van der Waals surface area contributed by atoms with E-state index in [1.165, 1.54) is 22.3 Å². The van der Waals surface area contributed by atoms with Gasteiger partial charge >= 0.3 is 0 Å². The molecule has 1 spiro atoms. The van der Waals surface area contributed by atoms with Crippen molar-refractivity contribution in [1.82, 2.24) is 0 Å². The summed E-state index contributed by atoms with van der Waals surface area (Å²) in [6.07, 6.45) is 2.05. The Morgan fingerprint density at radius 1 is 0.793 bits per heavy atom. The number of hydrogen-bond donors (Lipinski definition) is 2. The van der Waals surface area contributed by atoms with Crippen LogP contribution in [0.2, 0.25) is 0 Å². The standard InChI is InChI=1S/C25H32O4/c1-23(2)15-25(20-14-17(28-12-10-26)8-9-18(20)23)16-24(3,4)22-19(25)6-5-7-21(22)29-13-11-27/h5-9,14,26-27H,10-13,15-16H2,1-4H3. The van der Waals surface area contributed by atoms with Crippen molar-refractivity contribution in [3.05, 3.63) is 58.7 Å². The van der Waals surface area contributed by atoms with Crippen molar-refractivity contribution < 1.29 is 19.7 Å². The van der Waals surface area contributed by atoms with E-state index >= 15 is 0 Å². The summed E-state index contributed by atoms with van der Waals surface area (Å²) in [6, 6.07) is 12.8. The monoisotopic (exact) mass is 396 g/mol. The molecule has 0 fully saturated rings. The van der Waals surface area contributed by atoms with Gasteiger partial charge in [0.25, 0.3) is 0 Å². The molecular weight excluding hydrogens is 364 g/mol. The van der Waals surface area contributed by atoms with Crippen molar-refractivity contribution in [3.63, 3.8) is 0 Å². The molecule has 4 nitrogen and oxygen atoms in total. The molecule has 2 aromatic rings. The lowest BCUT2D eigenvalue weighted by atomic mass is 9.72. The Hall–Kier alpha value is -2.04. The second-order valence-electron chi connectivity index (χ2n) is 9.73. The summed E-state index contributed by atoms with van der Waals surface area (Å²) in [7, 11) is 0. The largest absolute Gasteiger partial charge is 0.491 e. The van der Waals surface area contributed by atoms with Crippen LogP contribution >= 0.6 is 0 Å². The highest BCUT2D eigenvalue weighted by Crippen LogP contribution is 2.64. The SMILES string of the molecule is CC1(C)CC2(CC(C)(C)c3c(OCCO)cccc32)c2cc(OCCO)ccc21. The van der Waals surface area contributed by atoms with Crippen LogP contribution in [0.15, 0.2) is 36.4 Å². The Bertz CT molecular complexity index is 911. The second kappa shape index (κ2) is 7.03. The summed E-state index contributed by atoms with van der Waals surface area (Å²) in [6.45, 7) is 9.87. The molecule has 0 aliphatic heterocycles. The van der Waals surface area contributed by atoms with Crippen LogP contribution in [0.4, 0.5) is 0 Å². The first kappa shape index (κ1) is 20.2. The Balaban J connectivity index is 1.90. The van der Waals surface area contributed by atoms with Crippen LogP contribution < -0.4 is 9.47 Å². The average Bonchev–Trinajstić information content (AvgIpc) is 3.05. The molecule has 0 amide bonds. The van der Waals surface area contributed by atoms with Crippen LogP contribution in [0.1, 0.15) is 62.8 Å². The molecule has 0 bridgehead atoms. The molecule has 0 saturated heterocycles. The zero-order valence-electron chi connectivity index (χ0n) is 17.9. The first-order valence-corrected chi connectivity index (χ1v) is 10.5. The molecule has 1 unspecified atom stereocenters. The fraction of sp³-hybridized carbons (Fsp3) is 0.520. The number of hydrogen-bond acceptors (Lipinski definition) is 4. The van der Waals surface area contributed by atoms with Gasteiger partial charge in [0.2, 0.25) is 0 Å². The number of benzene rings is 2. The lowest BCUT2D eigenvalue weighted by Gasteiger charge is -2.30. The third-order valence-corrected chi connectivity index (χ3v) is 6.65. The normalized spacial score (nSPS) is 23.1. The van der Waals surface area contributed by atoms with Gasteiger partial charge in [0.1, 0.15) is 24.7 Å². The quantitative estimate of drug-likeness (QED) is 0.773. The molecule has 2 aliphatic carbocycles. The fourth-order valence-corrected chi connectivity index (χ4v) is 5.95. The minimum atomic E-state index is -0.0885. The fourth-order valence-electron chi connectivity index (χ4n) is 5.95. The Labute approximate surface area is 173 Å². The van der Waals surface area contributed by atoms with Crippen LogP contribution in [0.3, 0.4) is 0 Å². The van der Waals surface area contributed by atoms with E-state index in [9.17, 15) is 5.11 Å². The van der Waals surface area contributed by atoms with Crippen molar-refractivity contribution in [1.29, 1.82) is 0 Å². The van der Waals surface area contributed by atoms with E-state index in [1.807, 2.05) is 12.1 Å². The van der Waals surface area contributed by atoms with Crippen molar-refractivity contribution in [3.8, 4) is 11.5 Å². The maximum Gasteiger partial charge on any atom is 0.123 e. The molecule has 0 aromatic heterocycles. The highest BCUT2D eigenvalue weighted by molar-refractivity contribution is 5.63. The molecule has 1 atom stereocenters. The molecule has 4 rings (SSSR count). The van der Waals surface area contributed by atoms with E-state index in [2.05, 4.69) is 52.0 Å². The topological polar surface area (TPSA) is 58.9 Å². The molecular formula is C25H32O4. The van der Waals surface area contributed by atoms with Gasteiger partial charge in [0.05, 0.1) is 13.2 Å². The summed E-state index contributed by atoms with van der Waals surface area (Å²) >= 11 is 0. The van der Waals surface area contributed by atoms with Crippen LogP contribution in [-0.2, 0) is 16.2 Å². The maximum atomic E-state index is 9.25. The number of rotatable bonds is 6. The van der Waals surface area contributed by atoms with Gasteiger partial charge < -0.3 is 19.7 Å². The van der Waals surface area contributed by atoms with Crippen molar-refractivity contribution >= 4 is 0 Å². The molecule has 0 heterocycles. The van der Waals surface area contributed by atoms with Gasteiger partial charge in [-0.1, -0.05) is 45.9 Å². The maximum absolute atomic E-state index is 9.25. The molecule has 0 radical (unpaired) electrons. The molecule has 29 heavy (non-hydrogen) atoms. The molecule has 4 heteroatoms. The van der Waals surface area contributed by atoms with E-state index in [4.69, 9.17) is 14.6 Å². The van der Waals surface area contributed by atoms with Crippen LogP contribution in [0.5, 0.6) is 11.5 Å². The minimum absolute atomic E-state index is 0.00907. The Morgan fingerprint density at radius 2 is 1.48 bits per heavy atom. The van der Waals surface area contributed by atoms with Gasteiger partial charge in [-0.15, -0.1) is 0 Å². The van der Waals surface area contributed by atoms with Crippen molar-refractivity contribution in [2.24, 2.45) is 0 Å². The summed E-state index contributed by atoms with van der Waals surface area (Å²) in [5.74, 6) is 1.70. The minimum Gasteiger partial charge on any atom is -0.491 e. The van der Waals surface area contributed by atoms with E-state index in [1.54, 1.807) is 0 Å². The zero-order chi connectivity index (χ0) is 20.9. The Morgan fingerprint density at radius 3 is 2.21 bits per heavy atom. The summed E-state index contributed by atoms with van der Waals surface area (Å²) < 4.78 is 11.7. The third kappa shape index (κ3) is 3.13. The average molecular weight is 397 g/mol. The molecule has 0 saturated carbocycles. The smallest absolute Gasteiger partial charge is 0.123 e. The zero-order valence-corrected chi connectivity index (χ0v) is 17.9. The van der Waals surface area contributed by atoms with E-state index < -0.39 is 0 Å². The van der Waals surface area contributed by atoms with Gasteiger partial charge in [-0.2, -0.15) is 0 Å². The first-order chi connectivity index (χ1) is 13.7. The Kier molecular flexibility index (Phi) is 4.91. The molecule has 156 valence electrons. The summed E-state index contributed by atoms with van der Waals surface area (Å²) in [5.41, 5.74) is 5.24. The summed E-state index contributed by atoms with van der Waals surface area (Å²) in [5, 5.41) is 18.4. The predicted octanol–water partition coefficient (Wildman–Crippen LogP) is 4.08. The lowest BCUT2D eigenvalue weighted by molar-refractivity contribution is 0.199. The van der Waals surface area contributed by atoms with Gasteiger partial charge in [0, 0.05) is 11.0 Å². The van der Waals surface area contributed by atoms with E-state index in [-0.39, 0.29) is 29.5 Å². The molecule has 2 aliphatic rings. The number of ether oxygens (including phenoxy) is 2. The van der Waals surface area contributed by atoms with E-state index in [0.29, 0.717) is 13.2 Å². The van der Waals surface area contributed by atoms with Crippen LogP contribution in [0, 0.1) is 0 Å². The third-order valence-electron chi connectivity index (χ3n) is 6.65. The van der Waals surface area contributed by atoms with Crippen LogP contribution in [-0.4, -0.2) is 36.6 Å². The van der Waals surface area contributed by atoms with Gasteiger partial charge in [-0.05, 0) is 58.6 Å². The number of aliphatic hydroxyl groups is 2. The lowest BCUT2D eigenvalue weighted by Crippen LogP contribution is -2.27. The van der Waals surface area contributed by atoms with Crippen molar-refractivity contribution in [2.45, 2.75) is 56.8 Å². The molecule has 2 N–H and O–H groups in total. The van der Waals surface area contributed by atoms with Crippen LogP contribution in [0.25, 0.3) is 0 Å². The van der Waals surface area contributed by atoms with Crippen molar-refractivity contribution in [2.75, 3.05) is 26.4 Å². The number of fused-ring (bicyclic) bond motifs is 4. The highest BCUT2D eigenvalue weighted by atomic mass is 16.5. The predicted molar refractivity (Wildman–Crippen MR) is 114 cm³/mol.